The molecule has 0 radical (unpaired) electrons. The lowest BCUT2D eigenvalue weighted by Gasteiger charge is -2.29. The van der Waals surface area contributed by atoms with Gasteiger partial charge >= 0.3 is 0 Å². The molecule has 6 nitrogen and oxygen atoms in total. The van der Waals surface area contributed by atoms with Gasteiger partial charge < -0.3 is 14.4 Å². The number of rotatable bonds is 5. The lowest BCUT2D eigenvalue weighted by atomic mass is 10.2. The molecule has 8 heteroatoms. The molecule has 0 saturated carbocycles. The maximum Gasteiger partial charge on any atom is 0.273 e. The fourth-order valence-electron chi connectivity index (χ4n) is 2.95. The minimum absolute atomic E-state index is 0.152. The highest BCUT2D eigenvalue weighted by molar-refractivity contribution is 7.22. The summed E-state index contributed by atoms with van der Waals surface area (Å²) in [5, 5.41) is 1.30. The highest BCUT2D eigenvalue weighted by Crippen LogP contribution is 2.34. The van der Waals surface area contributed by atoms with E-state index in [1.54, 1.807) is 11.0 Å². The normalized spacial score (nSPS) is 15.8. The summed E-state index contributed by atoms with van der Waals surface area (Å²) in [7, 11) is 4.11. The van der Waals surface area contributed by atoms with E-state index in [1.165, 1.54) is 16.2 Å². The van der Waals surface area contributed by atoms with Crippen LogP contribution in [0.2, 0.25) is 5.02 Å². The highest BCUT2D eigenvalue weighted by Gasteiger charge is 2.33. The number of halogens is 1. The number of amides is 1. The molecular formula is C20H21ClN3O3S+. The number of likely N-dealkylation sites (N-methyl/N-ethyl adjacent to an activating group) is 1. The quantitative estimate of drug-likeness (QED) is 0.690. The summed E-state index contributed by atoms with van der Waals surface area (Å²) in [6.45, 7) is 1.50. The van der Waals surface area contributed by atoms with Crippen molar-refractivity contribution in [2.45, 2.75) is 6.10 Å². The minimum Gasteiger partial charge on any atom is -0.485 e. The molecule has 0 bridgehead atoms. The Balaban J connectivity index is 1.62. The topological polar surface area (TPSA) is 56.1 Å². The number of ether oxygens (including phenoxy) is 2. The first-order valence-corrected chi connectivity index (χ1v) is 10.3. The van der Waals surface area contributed by atoms with Gasteiger partial charge in [-0.2, -0.15) is 0 Å². The predicted octanol–water partition coefficient (Wildman–Crippen LogP) is 2.27. The van der Waals surface area contributed by atoms with Crippen molar-refractivity contribution in [3.8, 4) is 11.5 Å². The number of aromatic nitrogens is 1. The molecule has 1 aliphatic rings. The average Bonchev–Trinajstić information content (AvgIpc) is 3.10. The van der Waals surface area contributed by atoms with Gasteiger partial charge in [0.25, 0.3) is 5.91 Å². The minimum atomic E-state index is -0.706. The number of anilines is 1. The van der Waals surface area contributed by atoms with Crippen molar-refractivity contribution >= 4 is 44.2 Å². The molecule has 4 rings (SSSR count). The number of quaternary nitrogens is 1. The number of hydrogen-bond acceptors (Lipinski definition) is 5. The van der Waals surface area contributed by atoms with Crippen LogP contribution in [0.25, 0.3) is 10.2 Å². The number of fused-ring (bicyclic) bond motifs is 2. The Bertz CT molecular complexity index is 1010. The molecule has 0 spiro atoms. The van der Waals surface area contributed by atoms with Crippen molar-refractivity contribution in [3.63, 3.8) is 0 Å². The Morgan fingerprint density at radius 2 is 2.07 bits per heavy atom. The molecule has 1 N–H and O–H groups in total. The summed E-state index contributed by atoms with van der Waals surface area (Å²) in [6.07, 6.45) is -0.706. The van der Waals surface area contributed by atoms with E-state index < -0.39 is 6.10 Å². The third-order valence-electron chi connectivity index (χ3n) is 4.46. The lowest BCUT2D eigenvalue weighted by molar-refractivity contribution is -0.856. The zero-order chi connectivity index (χ0) is 19.7. The van der Waals surface area contributed by atoms with E-state index in [1.807, 2.05) is 36.4 Å². The average molecular weight is 419 g/mol. The number of carbonyl (C=O) groups excluding carboxylic acids is 1. The Morgan fingerprint density at radius 3 is 2.86 bits per heavy atom. The second-order valence-corrected chi connectivity index (χ2v) is 8.37. The summed E-state index contributed by atoms with van der Waals surface area (Å²) >= 11 is 7.55. The van der Waals surface area contributed by atoms with Crippen molar-refractivity contribution in [1.29, 1.82) is 0 Å². The van der Waals surface area contributed by atoms with Gasteiger partial charge in [0.05, 0.1) is 37.4 Å². The van der Waals surface area contributed by atoms with Gasteiger partial charge in [0.2, 0.25) is 6.10 Å². The van der Waals surface area contributed by atoms with Gasteiger partial charge in [-0.15, -0.1) is 0 Å². The monoisotopic (exact) mass is 418 g/mol. The van der Waals surface area contributed by atoms with Gasteiger partial charge in [0, 0.05) is 5.02 Å². The number of benzene rings is 2. The standard InChI is InChI=1S/C20H20ClN3O3S/c1-23(2)9-10-24(20-22-14-8-7-13(21)11-18(14)28-20)19(25)17-12-26-15-5-3-4-6-16(15)27-17/h3-8,11,17H,9-10,12H2,1-2H3/p+1/t17-/m1/s1. The second kappa shape index (κ2) is 7.95. The van der Waals surface area contributed by atoms with Crippen molar-refractivity contribution in [1.82, 2.24) is 4.98 Å². The summed E-state index contributed by atoms with van der Waals surface area (Å²) < 4.78 is 12.6. The Labute approximate surface area is 172 Å². The van der Waals surface area contributed by atoms with Crippen LogP contribution in [0.5, 0.6) is 11.5 Å². The van der Waals surface area contributed by atoms with Crippen LogP contribution in [0.15, 0.2) is 42.5 Å². The Hall–Kier alpha value is -2.35. The molecular weight excluding hydrogens is 398 g/mol. The molecule has 2 aromatic carbocycles. The van der Waals surface area contributed by atoms with Crippen LogP contribution < -0.4 is 19.3 Å². The molecule has 0 fully saturated rings. The highest BCUT2D eigenvalue weighted by atomic mass is 35.5. The Kier molecular flexibility index (Phi) is 5.39. The van der Waals surface area contributed by atoms with Crippen molar-refractivity contribution < 1.29 is 19.2 Å². The van der Waals surface area contributed by atoms with Gasteiger partial charge in [0.15, 0.2) is 16.6 Å². The summed E-state index contributed by atoms with van der Waals surface area (Å²) in [6, 6.07) is 12.9. The first-order valence-electron chi connectivity index (χ1n) is 9.06. The Morgan fingerprint density at radius 1 is 1.29 bits per heavy atom. The van der Waals surface area contributed by atoms with E-state index in [0.717, 1.165) is 16.8 Å². The van der Waals surface area contributed by atoms with E-state index in [2.05, 4.69) is 19.1 Å². The predicted molar refractivity (Wildman–Crippen MR) is 111 cm³/mol. The fourth-order valence-corrected chi connectivity index (χ4v) is 4.23. The van der Waals surface area contributed by atoms with Crippen LogP contribution in [0.4, 0.5) is 5.13 Å². The number of hydrogen-bond donors (Lipinski definition) is 1. The molecule has 0 aliphatic carbocycles. The summed E-state index contributed by atoms with van der Waals surface area (Å²) in [5.74, 6) is 1.09. The number of nitrogens with one attached hydrogen (secondary N) is 1. The van der Waals surface area contributed by atoms with Crippen LogP contribution in [0, 0.1) is 0 Å². The molecule has 0 unspecified atom stereocenters. The van der Waals surface area contributed by atoms with Gasteiger partial charge in [-0.3, -0.25) is 9.69 Å². The number of para-hydroxylation sites is 2. The molecule has 1 aliphatic heterocycles. The van der Waals surface area contributed by atoms with Crippen LogP contribution in [-0.4, -0.2) is 50.8 Å². The largest absolute Gasteiger partial charge is 0.485 e. The molecule has 1 atom stereocenters. The summed E-state index contributed by atoms with van der Waals surface area (Å²) in [4.78, 5) is 20.9. The van der Waals surface area contributed by atoms with E-state index >= 15 is 0 Å². The van der Waals surface area contributed by atoms with Crippen molar-refractivity contribution in [2.75, 3.05) is 38.7 Å². The zero-order valence-corrected chi connectivity index (χ0v) is 17.2. The van der Waals surface area contributed by atoms with Crippen LogP contribution in [-0.2, 0) is 4.79 Å². The van der Waals surface area contributed by atoms with Gasteiger partial charge in [0.1, 0.15) is 6.61 Å². The number of carbonyl (C=O) groups is 1. The van der Waals surface area contributed by atoms with Gasteiger partial charge in [-0.25, -0.2) is 4.98 Å². The summed E-state index contributed by atoms with van der Waals surface area (Å²) in [5.41, 5.74) is 0.825. The molecule has 146 valence electrons. The van der Waals surface area contributed by atoms with E-state index in [9.17, 15) is 4.79 Å². The molecule has 28 heavy (non-hydrogen) atoms. The van der Waals surface area contributed by atoms with Gasteiger partial charge in [-0.1, -0.05) is 35.1 Å². The number of thiazole rings is 1. The van der Waals surface area contributed by atoms with E-state index in [0.29, 0.717) is 28.2 Å². The first kappa shape index (κ1) is 19.0. The van der Waals surface area contributed by atoms with E-state index in [-0.39, 0.29) is 12.5 Å². The first-order chi connectivity index (χ1) is 13.5. The van der Waals surface area contributed by atoms with Gasteiger partial charge in [-0.05, 0) is 30.3 Å². The number of nitrogens with zero attached hydrogens (tertiary/aromatic N) is 2. The van der Waals surface area contributed by atoms with E-state index in [4.69, 9.17) is 21.1 Å². The third-order valence-corrected chi connectivity index (χ3v) is 5.73. The van der Waals surface area contributed by atoms with Crippen LogP contribution in [0.1, 0.15) is 0 Å². The van der Waals surface area contributed by atoms with Crippen molar-refractivity contribution in [2.24, 2.45) is 0 Å². The fraction of sp³-hybridized carbons (Fsp3) is 0.300. The smallest absolute Gasteiger partial charge is 0.273 e. The maximum atomic E-state index is 13.3. The third kappa shape index (κ3) is 3.92. The van der Waals surface area contributed by atoms with Crippen LogP contribution >= 0.6 is 22.9 Å². The lowest BCUT2D eigenvalue weighted by Crippen LogP contribution is -3.06. The molecule has 3 aromatic rings. The van der Waals surface area contributed by atoms with Crippen molar-refractivity contribution in [3.05, 3.63) is 47.5 Å². The molecule has 1 amide bonds. The zero-order valence-electron chi connectivity index (χ0n) is 15.6. The van der Waals surface area contributed by atoms with Crippen LogP contribution in [0.3, 0.4) is 0 Å². The molecule has 1 aromatic heterocycles. The molecule has 0 saturated heterocycles. The second-order valence-electron chi connectivity index (χ2n) is 6.92. The molecule has 2 heterocycles. The maximum absolute atomic E-state index is 13.3. The SMILES string of the molecule is C[NH+](C)CCN(C(=O)[C@H]1COc2ccccc2O1)c1nc2ccc(Cl)cc2s1.